The third-order valence-corrected chi connectivity index (χ3v) is 4.94. The molecule has 0 spiro atoms. The van der Waals surface area contributed by atoms with Gasteiger partial charge in [0, 0.05) is 18.5 Å². The van der Waals surface area contributed by atoms with Gasteiger partial charge < -0.3 is 18.9 Å². The van der Waals surface area contributed by atoms with E-state index in [9.17, 15) is 9.18 Å². The van der Waals surface area contributed by atoms with E-state index in [1.807, 2.05) is 13.0 Å². The Kier molecular flexibility index (Phi) is 3.78. The van der Waals surface area contributed by atoms with E-state index in [0.717, 1.165) is 11.1 Å². The summed E-state index contributed by atoms with van der Waals surface area (Å²) in [5.41, 5.74) is 1.89. The zero-order chi connectivity index (χ0) is 19.3. The lowest BCUT2D eigenvalue weighted by atomic mass is 10.1. The van der Waals surface area contributed by atoms with Crippen LogP contribution in [0.5, 0.6) is 11.5 Å². The largest absolute Gasteiger partial charge is 0.454 e. The third kappa shape index (κ3) is 2.77. The molecule has 7 nitrogen and oxygen atoms in total. The van der Waals surface area contributed by atoms with Crippen molar-refractivity contribution < 1.29 is 23.2 Å². The summed E-state index contributed by atoms with van der Waals surface area (Å²) in [6.07, 6.45) is 0.191. The quantitative estimate of drug-likeness (QED) is 0.692. The Labute approximate surface area is 159 Å². The maximum Gasteiger partial charge on any atom is 0.232 e. The molecule has 0 N–H and O–H groups in total. The van der Waals surface area contributed by atoms with Crippen LogP contribution in [0.15, 0.2) is 40.9 Å². The summed E-state index contributed by atoms with van der Waals surface area (Å²) in [5, 5.41) is 4.02. The summed E-state index contributed by atoms with van der Waals surface area (Å²) in [7, 11) is 0. The number of benzene rings is 2. The number of aromatic nitrogens is 2. The lowest BCUT2D eigenvalue weighted by Crippen LogP contribution is -2.25. The van der Waals surface area contributed by atoms with Crippen LogP contribution in [0.3, 0.4) is 0 Å². The van der Waals surface area contributed by atoms with Gasteiger partial charge in [0.2, 0.25) is 24.4 Å². The maximum absolute atomic E-state index is 14.2. The second-order valence-corrected chi connectivity index (χ2v) is 6.88. The molecule has 2 aliphatic rings. The van der Waals surface area contributed by atoms with Crippen LogP contribution in [0.1, 0.15) is 23.8 Å². The van der Waals surface area contributed by atoms with Crippen LogP contribution in [-0.2, 0) is 4.79 Å². The van der Waals surface area contributed by atoms with Crippen LogP contribution in [0.4, 0.5) is 10.1 Å². The molecule has 0 aliphatic carbocycles. The van der Waals surface area contributed by atoms with Gasteiger partial charge in [0.15, 0.2) is 11.5 Å². The number of hydrogen-bond acceptors (Lipinski definition) is 6. The molecule has 1 atom stereocenters. The van der Waals surface area contributed by atoms with Crippen molar-refractivity contribution in [1.82, 2.24) is 10.1 Å². The molecule has 28 heavy (non-hydrogen) atoms. The van der Waals surface area contributed by atoms with Crippen molar-refractivity contribution in [2.75, 3.05) is 18.2 Å². The topological polar surface area (TPSA) is 77.7 Å². The molecule has 0 radical (unpaired) electrons. The standard InChI is InChI=1S/C20H16FN3O4/c1-11-2-4-14(21)15(6-11)24-9-13(8-18(24)25)20-22-19(23-28-20)12-3-5-16-17(7-12)27-10-26-16/h2-7,13H,8-10H2,1H3. The van der Waals surface area contributed by atoms with E-state index < -0.39 is 5.82 Å². The summed E-state index contributed by atoms with van der Waals surface area (Å²) in [6, 6.07) is 10.1. The molecule has 142 valence electrons. The van der Waals surface area contributed by atoms with Crippen LogP contribution in [0.25, 0.3) is 11.4 Å². The number of aryl methyl sites for hydroxylation is 1. The molecule has 0 saturated carbocycles. The van der Waals surface area contributed by atoms with Gasteiger partial charge >= 0.3 is 0 Å². The van der Waals surface area contributed by atoms with Gasteiger partial charge in [-0.25, -0.2) is 4.39 Å². The molecule has 1 saturated heterocycles. The molecular weight excluding hydrogens is 365 g/mol. The van der Waals surface area contributed by atoms with Crippen molar-refractivity contribution in [3.63, 3.8) is 0 Å². The summed E-state index contributed by atoms with van der Waals surface area (Å²) in [6.45, 7) is 2.34. The number of anilines is 1. The van der Waals surface area contributed by atoms with E-state index >= 15 is 0 Å². The molecule has 3 aromatic rings. The SMILES string of the molecule is Cc1ccc(F)c(N2CC(c3nc(-c4ccc5c(c4)OCO5)no3)CC2=O)c1. The lowest BCUT2D eigenvalue weighted by Gasteiger charge is -2.17. The van der Waals surface area contributed by atoms with Crippen molar-refractivity contribution in [1.29, 1.82) is 0 Å². The zero-order valence-electron chi connectivity index (χ0n) is 15.0. The van der Waals surface area contributed by atoms with Crippen LogP contribution in [0, 0.1) is 12.7 Å². The van der Waals surface area contributed by atoms with Gasteiger partial charge in [0.1, 0.15) is 5.82 Å². The van der Waals surface area contributed by atoms with Crippen LogP contribution in [-0.4, -0.2) is 29.4 Å². The molecule has 1 aromatic heterocycles. The predicted molar refractivity (Wildman–Crippen MR) is 96.7 cm³/mol. The highest BCUT2D eigenvalue weighted by atomic mass is 19.1. The Balaban J connectivity index is 1.39. The van der Waals surface area contributed by atoms with Gasteiger partial charge in [-0.3, -0.25) is 4.79 Å². The first kappa shape index (κ1) is 16.7. The molecule has 2 aliphatic heterocycles. The number of ether oxygens (including phenoxy) is 2. The lowest BCUT2D eigenvalue weighted by molar-refractivity contribution is -0.117. The number of fused-ring (bicyclic) bond motifs is 1. The molecular formula is C20H16FN3O4. The van der Waals surface area contributed by atoms with Crippen LogP contribution >= 0.6 is 0 Å². The monoisotopic (exact) mass is 381 g/mol. The van der Waals surface area contributed by atoms with Gasteiger partial charge in [-0.1, -0.05) is 11.2 Å². The van der Waals surface area contributed by atoms with Gasteiger partial charge in [0.25, 0.3) is 0 Å². The van der Waals surface area contributed by atoms with Crippen molar-refractivity contribution in [2.45, 2.75) is 19.3 Å². The number of carbonyl (C=O) groups excluding carboxylic acids is 1. The number of nitrogens with zero attached hydrogens (tertiary/aromatic N) is 3. The smallest absolute Gasteiger partial charge is 0.232 e. The Morgan fingerprint density at radius 1 is 1.14 bits per heavy atom. The van der Waals surface area contributed by atoms with Gasteiger partial charge in [0.05, 0.1) is 11.6 Å². The zero-order valence-corrected chi connectivity index (χ0v) is 15.0. The number of halogens is 1. The molecule has 0 bridgehead atoms. The number of hydrogen-bond donors (Lipinski definition) is 0. The number of amides is 1. The molecule has 2 aromatic carbocycles. The highest BCUT2D eigenvalue weighted by Crippen LogP contribution is 2.37. The van der Waals surface area contributed by atoms with E-state index in [1.54, 1.807) is 24.3 Å². The van der Waals surface area contributed by atoms with Crippen molar-refractivity contribution in [2.24, 2.45) is 0 Å². The van der Waals surface area contributed by atoms with Crippen molar-refractivity contribution >= 4 is 11.6 Å². The normalized spacial score (nSPS) is 18.1. The van der Waals surface area contributed by atoms with Crippen LogP contribution in [0.2, 0.25) is 0 Å². The van der Waals surface area contributed by atoms with Crippen molar-refractivity contribution in [3.05, 3.63) is 53.7 Å². The first-order chi connectivity index (χ1) is 13.6. The van der Waals surface area contributed by atoms with E-state index in [2.05, 4.69) is 10.1 Å². The second-order valence-electron chi connectivity index (χ2n) is 6.88. The average Bonchev–Trinajstić information content (AvgIpc) is 3.42. The fourth-order valence-corrected chi connectivity index (χ4v) is 3.49. The van der Waals surface area contributed by atoms with Crippen LogP contribution < -0.4 is 14.4 Å². The highest BCUT2D eigenvalue weighted by molar-refractivity contribution is 5.96. The maximum atomic E-state index is 14.2. The van der Waals surface area contributed by atoms with Gasteiger partial charge in [-0.15, -0.1) is 0 Å². The van der Waals surface area contributed by atoms with E-state index in [1.165, 1.54) is 11.0 Å². The molecule has 1 fully saturated rings. The Morgan fingerprint density at radius 2 is 2.00 bits per heavy atom. The minimum atomic E-state index is -0.425. The fraction of sp³-hybridized carbons (Fsp3) is 0.250. The average molecular weight is 381 g/mol. The molecule has 1 unspecified atom stereocenters. The number of rotatable bonds is 3. The summed E-state index contributed by atoms with van der Waals surface area (Å²) < 4.78 is 30.3. The summed E-state index contributed by atoms with van der Waals surface area (Å²) in [5.74, 6) is 1.18. The minimum absolute atomic E-state index is 0.169. The van der Waals surface area contributed by atoms with E-state index in [4.69, 9.17) is 14.0 Å². The third-order valence-electron chi connectivity index (χ3n) is 4.94. The van der Waals surface area contributed by atoms with Crippen molar-refractivity contribution in [3.8, 4) is 22.9 Å². The second kappa shape index (κ2) is 6.33. The minimum Gasteiger partial charge on any atom is -0.454 e. The molecule has 5 rings (SSSR count). The Bertz CT molecular complexity index is 1080. The summed E-state index contributed by atoms with van der Waals surface area (Å²) >= 11 is 0. The highest BCUT2D eigenvalue weighted by Gasteiger charge is 2.36. The summed E-state index contributed by atoms with van der Waals surface area (Å²) in [4.78, 5) is 18.4. The van der Waals surface area contributed by atoms with Gasteiger partial charge in [-0.2, -0.15) is 4.98 Å². The Hall–Kier alpha value is -3.42. The first-order valence-corrected chi connectivity index (χ1v) is 8.88. The van der Waals surface area contributed by atoms with E-state index in [-0.39, 0.29) is 30.7 Å². The first-order valence-electron chi connectivity index (χ1n) is 8.88. The Morgan fingerprint density at radius 3 is 2.89 bits per heavy atom. The molecule has 8 heteroatoms. The fourth-order valence-electron chi connectivity index (χ4n) is 3.49. The van der Waals surface area contributed by atoms with Gasteiger partial charge in [-0.05, 0) is 42.8 Å². The predicted octanol–water partition coefficient (Wildman–Crippen LogP) is 3.43. The number of carbonyl (C=O) groups is 1. The molecule has 1 amide bonds. The van der Waals surface area contributed by atoms with E-state index in [0.29, 0.717) is 29.8 Å². The molecule has 3 heterocycles.